The van der Waals surface area contributed by atoms with Crippen LogP contribution in [0, 0.1) is 6.92 Å². The number of fused-ring (bicyclic) bond motifs is 2. The van der Waals surface area contributed by atoms with E-state index in [2.05, 4.69) is 35.8 Å². The lowest BCUT2D eigenvalue weighted by Crippen LogP contribution is -2.41. The molecule has 2 aliphatic heterocycles. The predicted octanol–water partition coefficient (Wildman–Crippen LogP) is 3.04. The molecule has 6 heterocycles. The molecule has 0 spiro atoms. The van der Waals surface area contributed by atoms with E-state index in [1.54, 1.807) is 40.7 Å². The number of carbonyl (C=O) groups excluding carboxylic acids is 2. The fraction of sp³-hybridized carbons (Fsp3) is 0.385. The molecule has 4 aromatic heterocycles. The summed E-state index contributed by atoms with van der Waals surface area (Å²) < 4.78 is 3.37. The zero-order valence-electron chi connectivity index (χ0n) is 20.9. The third kappa shape index (κ3) is 4.35. The Kier molecular flexibility index (Phi) is 5.71. The van der Waals surface area contributed by atoms with Crippen LogP contribution in [0.1, 0.15) is 48.4 Å². The van der Waals surface area contributed by atoms with Crippen LogP contribution in [0.5, 0.6) is 0 Å². The second-order valence-corrected chi connectivity index (χ2v) is 10.0. The molecule has 6 rings (SSSR count). The average Bonchev–Trinajstić information content (AvgIpc) is 3.64. The number of aryl methyl sites for hydroxylation is 2. The van der Waals surface area contributed by atoms with E-state index in [4.69, 9.17) is 0 Å². The maximum atomic E-state index is 13.1. The van der Waals surface area contributed by atoms with E-state index in [1.807, 2.05) is 25.4 Å². The number of hydrogen-bond acceptors (Lipinski definition) is 7. The Morgan fingerprint density at radius 3 is 2.62 bits per heavy atom. The molecule has 2 N–H and O–H groups in total. The molecule has 37 heavy (non-hydrogen) atoms. The fourth-order valence-electron chi connectivity index (χ4n) is 5.72. The summed E-state index contributed by atoms with van der Waals surface area (Å²) in [5.74, 6) is -0.283. The smallest absolute Gasteiger partial charge is 0.294 e. The van der Waals surface area contributed by atoms with Crippen LogP contribution < -0.4 is 10.6 Å². The van der Waals surface area contributed by atoms with Crippen LogP contribution in [-0.4, -0.2) is 64.7 Å². The Morgan fingerprint density at radius 2 is 1.86 bits per heavy atom. The van der Waals surface area contributed by atoms with E-state index in [-0.39, 0.29) is 17.3 Å². The van der Waals surface area contributed by atoms with Crippen molar-refractivity contribution in [3.63, 3.8) is 0 Å². The highest BCUT2D eigenvalue weighted by atomic mass is 16.2. The summed E-state index contributed by atoms with van der Waals surface area (Å²) in [6.45, 7) is 3.96. The van der Waals surface area contributed by atoms with Gasteiger partial charge in [-0.2, -0.15) is 5.10 Å². The standard InChI is InChI=1S/C26H29N9O2/c1-17-21(12-20(15-27-17)29-23(36)13-26-6-3-8-34(26)9-4-7-26)30-25(37)24-32-31-22-11-18(5-10-35(22)24)19-14-28-33(2)16-19/h5,10-12,14-16H,3-4,6-9,13H2,1-2H3,(H,29,36)(H,30,37). The van der Waals surface area contributed by atoms with Gasteiger partial charge in [0.15, 0.2) is 5.65 Å². The predicted molar refractivity (Wildman–Crippen MR) is 138 cm³/mol. The van der Waals surface area contributed by atoms with E-state index >= 15 is 0 Å². The van der Waals surface area contributed by atoms with Gasteiger partial charge < -0.3 is 10.6 Å². The quantitative estimate of drug-likeness (QED) is 0.418. The first kappa shape index (κ1) is 23.3. The molecule has 4 aromatic rings. The van der Waals surface area contributed by atoms with Gasteiger partial charge in [0.05, 0.1) is 29.5 Å². The lowest BCUT2D eigenvalue weighted by Gasteiger charge is -2.31. The van der Waals surface area contributed by atoms with Crippen LogP contribution in [0.25, 0.3) is 16.8 Å². The maximum absolute atomic E-state index is 13.1. The molecule has 2 aliphatic rings. The van der Waals surface area contributed by atoms with Gasteiger partial charge in [0.2, 0.25) is 11.7 Å². The molecular weight excluding hydrogens is 470 g/mol. The molecule has 2 fully saturated rings. The molecular formula is C26H29N9O2. The number of pyridine rings is 2. The Bertz CT molecular complexity index is 1490. The number of hydrogen-bond donors (Lipinski definition) is 2. The van der Waals surface area contributed by atoms with Crippen LogP contribution in [0.3, 0.4) is 0 Å². The molecule has 0 radical (unpaired) electrons. The van der Waals surface area contributed by atoms with Gasteiger partial charge in [-0.05, 0) is 69.5 Å². The zero-order chi connectivity index (χ0) is 25.6. The Morgan fingerprint density at radius 1 is 1.05 bits per heavy atom. The Hall–Kier alpha value is -4.12. The van der Waals surface area contributed by atoms with Crippen LogP contribution in [0.15, 0.2) is 43.0 Å². The topological polar surface area (TPSA) is 122 Å². The molecule has 190 valence electrons. The molecule has 0 saturated carbocycles. The summed E-state index contributed by atoms with van der Waals surface area (Å²) in [5, 5.41) is 18.3. The minimum atomic E-state index is -0.415. The number of nitrogens with zero attached hydrogens (tertiary/aromatic N) is 7. The first-order chi connectivity index (χ1) is 17.9. The summed E-state index contributed by atoms with van der Waals surface area (Å²) in [4.78, 5) is 32.9. The average molecular weight is 500 g/mol. The summed E-state index contributed by atoms with van der Waals surface area (Å²) >= 11 is 0. The van der Waals surface area contributed by atoms with Crippen molar-refractivity contribution in [1.29, 1.82) is 0 Å². The van der Waals surface area contributed by atoms with Crippen molar-refractivity contribution < 1.29 is 9.59 Å². The van der Waals surface area contributed by atoms with E-state index in [9.17, 15) is 9.59 Å². The third-order valence-electron chi connectivity index (χ3n) is 7.57. The summed E-state index contributed by atoms with van der Waals surface area (Å²) in [5.41, 5.74) is 4.13. The third-order valence-corrected chi connectivity index (χ3v) is 7.57. The molecule has 0 bridgehead atoms. The van der Waals surface area contributed by atoms with Crippen LogP contribution >= 0.6 is 0 Å². The minimum absolute atomic E-state index is 0.00484. The number of carbonyl (C=O) groups is 2. The van der Waals surface area contributed by atoms with Crippen LogP contribution in [0.4, 0.5) is 11.4 Å². The van der Waals surface area contributed by atoms with Crippen molar-refractivity contribution in [2.24, 2.45) is 7.05 Å². The van der Waals surface area contributed by atoms with Crippen molar-refractivity contribution in [2.75, 3.05) is 23.7 Å². The fourth-order valence-corrected chi connectivity index (χ4v) is 5.72. The van der Waals surface area contributed by atoms with E-state index < -0.39 is 5.91 Å². The SMILES string of the molecule is Cc1ncc(NC(=O)CC23CCCN2CCC3)cc1NC(=O)c1nnc2cc(-c3cnn(C)c3)ccn12. The number of amides is 2. The van der Waals surface area contributed by atoms with E-state index in [0.29, 0.717) is 29.1 Å². The number of anilines is 2. The molecule has 11 nitrogen and oxygen atoms in total. The molecule has 2 amide bonds. The highest BCUT2D eigenvalue weighted by molar-refractivity contribution is 6.03. The van der Waals surface area contributed by atoms with E-state index in [0.717, 1.165) is 49.9 Å². The van der Waals surface area contributed by atoms with Crippen molar-refractivity contribution in [3.8, 4) is 11.1 Å². The van der Waals surface area contributed by atoms with Gasteiger partial charge in [0, 0.05) is 37.0 Å². The minimum Gasteiger partial charge on any atom is -0.325 e. The summed E-state index contributed by atoms with van der Waals surface area (Å²) in [6.07, 6.45) is 12.0. The first-order valence-electron chi connectivity index (χ1n) is 12.6. The lowest BCUT2D eigenvalue weighted by atomic mass is 9.90. The molecule has 11 heteroatoms. The highest BCUT2D eigenvalue weighted by Gasteiger charge is 2.45. The van der Waals surface area contributed by atoms with Crippen LogP contribution in [0.2, 0.25) is 0 Å². The lowest BCUT2D eigenvalue weighted by molar-refractivity contribution is -0.118. The first-order valence-corrected chi connectivity index (χ1v) is 12.6. The number of nitrogens with one attached hydrogen (secondary N) is 2. The molecule has 0 unspecified atom stereocenters. The van der Waals surface area contributed by atoms with Gasteiger partial charge in [-0.25, -0.2) is 0 Å². The van der Waals surface area contributed by atoms with Gasteiger partial charge in [0.1, 0.15) is 0 Å². The van der Waals surface area contributed by atoms with Gasteiger partial charge in [0.25, 0.3) is 5.91 Å². The normalized spacial score (nSPS) is 16.7. The zero-order valence-corrected chi connectivity index (χ0v) is 20.9. The van der Waals surface area contributed by atoms with Crippen molar-refractivity contribution in [2.45, 2.75) is 44.6 Å². The Balaban J connectivity index is 1.17. The summed E-state index contributed by atoms with van der Waals surface area (Å²) in [6, 6.07) is 5.49. The Labute approximate surface area is 213 Å². The number of aromatic nitrogens is 6. The largest absolute Gasteiger partial charge is 0.325 e. The van der Waals surface area contributed by atoms with Crippen LogP contribution in [-0.2, 0) is 11.8 Å². The van der Waals surface area contributed by atoms with Gasteiger partial charge >= 0.3 is 0 Å². The van der Waals surface area contributed by atoms with Crippen molar-refractivity contribution in [3.05, 3.63) is 54.5 Å². The molecule has 0 aromatic carbocycles. The number of rotatable bonds is 6. The van der Waals surface area contributed by atoms with Crippen molar-refractivity contribution >= 4 is 28.8 Å². The maximum Gasteiger partial charge on any atom is 0.294 e. The van der Waals surface area contributed by atoms with Crippen molar-refractivity contribution in [1.82, 2.24) is 34.3 Å². The highest BCUT2D eigenvalue weighted by Crippen LogP contribution is 2.41. The second-order valence-electron chi connectivity index (χ2n) is 10.0. The monoisotopic (exact) mass is 499 g/mol. The van der Waals surface area contributed by atoms with E-state index in [1.165, 1.54) is 0 Å². The van der Waals surface area contributed by atoms with Gasteiger partial charge in [-0.1, -0.05) is 0 Å². The second kappa shape index (κ2) is 9.07. The van der Waals surface area contributed by atoms with Gasteiger partial charge in [-0.3, -0.25) is 28.6 Å². The summed E-state index contributed by atoms with van der Waals surface area (Å²) in [7, 11) is 1.86. The van der Waals surface area contributed by atoms with Gasteiger partial charge in [-0.15, -0.1) is 10.2 Å². The molecule has 0 atom stereocenters. The molecule has 0 aliphatic carbocycles. The molecule has 2 saturated heterocycles.